The largest absolute Gasteiger partial charge is 0.396 e. The molecule has 0 saturated heterocycles. The van der Waals surface area contributed by atoms with Crippen molar-refractivity contribution >= 4 is 11.6 Å². The van der Waals surface area contributed by atoms with E-state index >= 15 is 0 Å². The van der Waals surface area contributed by atoms with Crippen LogP contribution in [0.15, 0.2) is 12.7 Å². The topological polar surface area (TPSA) is 40.5 Å². The zero-order valence-electron chi connectivity index (χ0n) is 8.55. The molecular formula is C10H19ClO2. The Morgan fingerprint density at radius 1 is 1.31 bits per heavy atom. The van der Waals surface area contributed by atoms with Crippen LogP contribution in [0.3, 0.4) is 0 Å². The molecule has 1 atom stereocenters. The first kappa shape index (κ1) is 12.9. The van der Waals surface area contributed by atoms with Gasteiger partial charge in [0.25, 0.3) is 0 Å². The first-order valence-electron chi connectivity index (χ1n) is 4.34. The quantitative estimate of drug-likeness (QED) is 0.544. The van der Waals surface area contributed by atoms with E-state index in [0.29, 0.717) is 0 Å². The molecule has 0 aromatic carbocycles. The number of halogens is 1. The highest BCUT2D eigenvalue weighted by atomic mass is 35.5. The molecule has 0 aromatic heterocycles. The van der Waals surface area contributed by atoms with E-state index in [9.17, 15) is 10.2 Å². The lowest BCUT2D eigenvalue weighted by molar-refractivity contribution is -0.0274. The number of aliphatic hydroxyl groups is 2. The van der Waals surface area contributed by atoms with Gasteiger partial charge in [-0.05, 0) is 5.41 Å². The Morgan fingerprint density at radius 2 is 1.69 bits per heavy atom. The minimum Gasteiger partial charge on any atom is -0.396 e. The lowest BCUT2D eigenvalue weighted by atomic mass is 9.65. The van der Waals surface area contributed by atoms with Crippen molar-refractivity contribution in [3.05, 3.63) is 12.7 Å². The molecule has 0 bridgehead atoms. The van der Waals surface area contributed by atoms with E-state index in [1.54, 1.807) is 6.08 Å². The second kappa shape index (κ2) is 4.45. The average Bonchev–Trinajstić information content (AvgIpc) is 2.04. The molecule has 0 saturated carbocycles. The van der Waals surface area contributed by atoms with Gasteiger partial charge in [0.05, 0.1) is 18.6 Å². The van der Waals surface area contributed by atoms with Crippen LogP contribution in [0.25, 0.3) is 0 Å². The van der Waals surface area contributed by atoms with Crippen LogP contribution in [0.5, 0.6) is 0 Å². The highest BCUT2D eigenvalue weighted by Gasteiger charge is 2.45. The summed E-state index contributed by atoms with van der Waals surface area (Å²) in [6, 6.07) is 0. The van der Waals surface area contributed by atoms with Gasteiger partial charge in [0.15, 0.2) is 0 Å². The van der Waals surface area contributed by atoms with Gasteiger partial charge in [-0.25, -0.2) is 0 Å². The van der Waals surface area contributed by atoms with Crippen LogP contribution in [0.1, 0.15) is 20.8 Å². The molecule has 78 valence electrons. The molecule has 0 fully saturated rings. The van der Waals surface area contributed by atoms with Gasteiger partial charge in [-0.1, -0.05) is 26.8 Å². The third-order valence-electron chi connectivity index (χ3n) is 2.79. The number of allylic oxidation sites excluding steroid dienone is 1. The van der Waals surface area contributed by atoms with Gasteiger partial charge >= 0.3 is 0 Å². The highest BCUT2D eigenvalue weighted by Crippen LogP contribution is 2.43. The zero-order valence-corrected chi connectivity index (χ0v) is 9.30. The van der Waals surface area contributed by atoms with Gasteiger partial charge in [-0.15, -0.1) is 18.2 Å². The van der Waals surface area contributed by atoms with Crippen LogP contribution in [0.2, 0.25) is 0 Å². The molecule has 3 heteroatoms. The van der Waals surface area contributed by atoms with E-state index in [1.165, 1.54) is 0 Å². The van der Waals surface area contributed by atoms with Crippen LogP contribution in [-0.2, 0) is 0 Å². The fraction of sp³-hybridized carbons (Fsp3) is 0.800. The standard InChI is InChI=1S/C10H19ClO2/c1-5-8(11)10(6-12,7-13)9(2,3)4/h5,8,12-13H,1,6-7H2,2-4H3. The molecule has 2 nitrogen and oxygen atoms in total. The van der Waals surface area contributed by atoms with Crippen molar-refractivity contribution in [2.75, 3.05) is 13.2 Å². The second-order valence-corrected chi connectivity index (χ2v) is 4.83. The number of rotatable bonds is 4. The van der Waals surface area contributed by atoms with E-state index in [-0.39, 0.29) is 18.6 Å². The summed E-state index contributed by atoms with van der Waals surface area (Å²) >= 11 is 6.03. The molecule has 0 radical (unpaired) electrons. The Bertz CT molecular complexity index is 168. The first-order valence-corrected chi connectivity index (χ1v) is 4.77. The monoisotopic (exact) mass is 206 g/mol. The van der Waals surface area contributed by atoms with Crippen molar-refractivity contribution in [2.24, 2.45) is 10.8 Å². The Balaban J connectivity index is 5.02. The summed E-state index contributed by atoms with van der Waals surface area (Å²) in [5.74, 6) is 0. The van der Waals surface area contributed by atoms with Crippen molar-refractivity contribution in [3.63, 3.8) is 0 Å². The smallest absolute Gasteiger partial charge is 0.0618 e. The predicted octanol–water partition coefficient (Wildman–Crippen LogP) is 1.80. The zero-order chi connectivity index (χ0) is 10.7. The minimum atomic E-state index is -0.712. The van der Waals surface area contributed by atoms with Gasteiger partial charge in [-0.3, -0.25) is 0 Å². The van der Waals surface area contributed by atoms with Crippen molar-refractivity contribution in [1.29, 1.82) is 0 Å². The lowest BCUT2D eigenvalue weighted by Crippen LogP contribution is -2.48. The van der Waals surface area contributed by atoms with Crippen LogP contribution < -0.4 is 0 Å². The maximum atomic E-state index is 9.32. The third kappa shape index (κ3) is 2.25. The van der Waals surface area contributed by atoms with E-state index in [2.05, 4.69) is 6.58 Å². The van der Waals surface area contributed by atoms with Crippen molar-refractivity contribution in [2.45, 2.75) is 26.1 Å². The van der Waals surface area contributed by atoms with Crippen LogP contribution in [0.4, 0.5) is 0 Å². The van der Waals surface area contributed by atoms with E-state index in [0.717, 1.165) is 0 Å². The molecule has 0 heterocycles. The van der Waals surface area contributed by atoms with Crippen molar-refractivity contribution in [1.82, 2.24) is 0 Å². The molecule has 0 rings (SSSR count). The Kier molecular flexibility index (Phi) is 4.43. The summed E-state index contributed by atoms with van der Waals surface area (Å²) in [6.07, 6.45) is 1.55. The molecule has 0 amide bonds. The Hall–Kier alpha value is -0.0500. The van der Waals surface area contributed by atoms with E-state index < -0.39 is 10.8 Å². The average molecular weight is 207 g/mol. The predicted molar refractivity (Wildman–Crippen MR) is 55.9 cm³/mol. The summed E-state index contributed by atoms with van der Waals surface area (Å²) < 4.78 is 0. The molecule has 0 aliphatic heterocycles. The number of aliphatic hydroxyl groups excluding tert-OH is 2. The van der Waals surface area contributed by atoms with Gasteiger partial charge in [0, 0.05) is 5.41 Å². The summed E-state index contributed by atoms with van der Waals surface area (Å²) in [6.45, 7) is 9.12. The summed E-state index contributed by atoms with van der Waals surface area (Å²) in [5, 5.41) is 18.2. The molecule has 0 spiro atoms. The molecule has 0 aliphatic carbocycles. The van der Waals surface area contributed by atoms with E-state index in [4.69, 9.17) is 11.6 Å². The van der Waals surface area contributed by atoms with Crippen molar-refractivity contribution < 1.29 is 10.2 Å². The fourth-order valence-electron chi connectivity index (χ4n) is 1.34. The third-order valence-corrected chi connectivity index (χ3v) is 3.39. The van der Waals surface area contributed by atoms with Gasteiger partial charge < -0.3 is 10.2 Å². The van der Waals surface area contributed by atoms with Crippen LogP contribution >= 0.6 is 11.6 Å². The lowest BCUT2D eigenvalue weighted by Gasteiger charge is -2.44. The summed E-state index contributed by atoms with van der Waals surface area (Å²) in [4.78, 5) is 0. The maximum absolute atomic E-state index is 9.32. The van der Waals surface area contributed by atoms with Crippen molar-refractivity contribution in [3.8, 4) is 0 Å². The van der Waals surface area contributed by atoms with Gasteiger partial charge in [0.2, 0.25) is 0 Å². The van der Waals surface area contributed by atoms with Crippen LogP contribution in [-0.4, -0.2) is 28.8 Å². The highest BCUT2D eigenvalue weighted by molar-refractivity contribution is 6.22. The molecule has 13 heavy (non-hydrogen) atoms. The molecule has 0 aromatic rings. The minimum absolute atomic E-state index is 0.146. The fourth-order valence-corrected chi connectivity index (χ4v) is 1.80. The van der Waals surface area contributed by atoms with Gasteiger partial charge in [-0.2, -0.15) is 0 Å². The number of alkyl halides is 1. The van der Waals surface area contributed by atoms with Gasteiger partial charge in [0.1, 0.15) is 0 Å². The molecule has 2 N–H and O–H groups in total. The SMILES string of the molecule is C=CC(Cl)C(CO)(CO)C(C)(C)C. The summed E-state index contributed by atoms with van der Waals surface area (Å²) in [7, 11) is 0. The number of hydrogen-bond donors (Lipinski definition) is 2. The summed E-state index contributed by atoms with van der Waals surface area (Å²) in [5.41, 5.74) is -0.979. The number of hydrogen-bond acceptors (Lipinski definition) is 2. The molecular weight excluding hydrogens is 188 g/mol. The first-order chi connectivity index (χ1) is 5.85. The Morgan fingerprint density at radius 3 is 1.77 bits per heavy atom. The van der Waals surface area contributed by atoms with Crippen LogP contribution in [0, 0.1) is 10.8 Å². The Labute approximate surface area is 85.2 Å². The second-order valence-electron chi connectivity index (χ2n) is 4.36. The maximum Gasteiger partial charge on any atom is 0.0618 e. The molecule has 1 unspecified atom stereocenters. The normalized spacial score (nSPS) is 15.5. The van der Waals surface area contributed by atoms with E-state index in [1.807, 2.05) is 20.8 Å². The molecule has 0 aliphatic rings.